The number of carbonyl (C=O) groups excluding carboxylic acids is 1. The number of nitrogens with one attached hydrogen (secondary N) is 1. The highest BCUT2D eigenvalue weighted by molar-refractivity contribution is 5.97. The van der Waals surface area contributed by atoms with Gasteiger partial charge in [0.05, 0.1) is 0 Å². The van der Waals surface area contributed by atoms with E-state index < -0.39 is 0 Å². The van der Waals surface area contributed by atoms with Crippen molar-refractivity contribution in [2.24, 2.45) is 0 Å². The van der Waals surface area contributed by atoms with Crippen LogP contribution in [0.3, 0.4) is 0 Å². The van der Waals surface area contributed by atoms with E-state index in [1.807, 2.05) is 41.3 Å². The van der Waals surface area contributed by atoms with Crippen LogP contribution in [0.1, 0.15) is 5.56 Å². The molecule has 1 N–H and O–H groups in total. The Morgan fingerprint density at radius 1 is 1.07 bits per heavy atom. The molecule has 1 amide bonds. The van der Waals surface area contributed by atoms with Crippen molar-refractivity contribution < 1.29 is 9.18 Å². The van der Waals surface area contributed by atoms with E-state index in [2.05, 4.69) is 10.2 Å². The third-order valence-electron chi connectivity index (χ3n) is 4.48. The van der Waals surface area contributed by atoms with Crippen LogP contribution in [-0.2, 0) is 11.3 Å². The Morgan fingerprint density at radius 2 is 1.74 bits per heavy atom. The molecule has 0 radical (unpaired) electrons. The molecule has 0 atom stereocenters. The van der Waals surface area contributed by atoms with Crippen molar-refractivity contribution >= 4 is 11.6 Å². The van der Waals surface area contributed by atoms with E-state index in [9.17, 15) is 14.4 Å². The summed E-state index contributed by atoms with van der Waals surface area (Å²) in [6.45, 7) is 3.25. The number of amides is 1. The highest BCUT2D eigenvalue weighted by Crippen LogP contribution is 2.17. The Labute approximate surface area is 158 Å². The maximum absolute atomic E-state index is 13.0. The standard InChI is InChI=1S/C21H21FN4O/c22-19-6-8-20(9-7-19)26-12-10-25(11-13-26)16-18(14-23)21(27)24-15-17-4-2-1-3-5-17/h1-9,16H,10-13,15H2,(H,24,27). The molecule has 27 heavy (non-hydrogen) atoms. The first-order valence-corrected chi connectivity index (χ1v) is 8.84. The van der Waals surface area contributed by atoms with Gasteiger partial charge in [0.1, 0.15) is 17.5 Å². The van der Waals surface area contributed by atoms with Gasteiger partial charge in [0, 0.05) is 44.6 Å². The van der Waals surface area contributed by atoms with E-state index in [-0.39, 0.29) is 17.3 Å². The fourth-order valence-corrected chi connectivity index (χ4v) is 2.96. The van der Waals surface area contributed by atoms with Crippen LogP contribution in [0.25, 0.3) is 0 Å². The highest BCUT2D eigenvalue weighted by atomic mass is 19.1. The molecule has 0 saturated carbocycles. The van der Waals surface area contributed by atoms with Gasteiger partial charge < -0.3 is 15.1 Å². The van der Waals surface area contributed by atoms with Crippen molar-refractivity contribution in [2.45, 2.75) is 6.54 Å². The molecule has 0 spiro atoms. The molecular formula is C21H21FN4O. The normalized spacial score (nSPS) is 14.6. The van der Waals surface area contributed by atoms with Gasteiger partial charge in [-0.05, 0) is 29.8 Å². The highest BCUT2D eigenvalue weighted by Gasteiger charge is 2.17. The van der Waals surface area contributed by atoms with Crippen LogP contribution < -0.4 is 10.2 Å². The number of piperazine rings is 1. The third-order valence-corrected chi connectivity index (χ3v) is 4.48. The Kier molecular flexibility index (Phi) is 6.06. The number of nitrogens with zero attached hydrogens (tertiary/aromatic N) is 3. The van der Waals surface area contributed by atoms with Gasteiger partial charge in [0.2, 0.25) is 0 Å². The van der Waals surface area contributed by atoms with Gasteiger partial charge in [0.25, 0.3) is 5.91 Å². The predicted molar refractivity (Wildman–Crippen MR) is 102 cm³/mol. The molecular weight excluding hydrogens is 343 g/mol. The molecule has 5 nitrogen and oxygen atoms in total. The van der Waals surface area contributed by atoms with Crippen molar-refractivity contribution in [1.29, 1.82) is 5.26 Å². The molecule has 0 bridgehead atoms. The van der Waals surface area contributed by atoms with Crippen LogP contribution >= 0.6 is 0 Å². The minimum absolute atomic E-state index is 0.0983. The second kappa shape index (κ2) is 8.86. The number of carbonyl (C=O) groups is 1. The van der Waals surface area contributed by atoms with Crippen LogP contribution in [-0.4, -0.2) is 37.0 Å². The zero-order chi connectivity index (χ0) is 19.1. The molecule has 1 aliphatic rings. The van der Waals surface area contributed by atoms with Crippen LogP contribution in [0.15, 0.2) is 66.4 Å². The first-order valence-electron chi connectivity index (χ1n) is 8.84. The summed E-state index contributed by atoms with van der Waals surface area (Å²) in [4.78, 5) is 16.4. The zero-order valence-electron chi connectivity index (χ0n) is 14.9. The molecule has 6 heteroatoms. The number of nitriles is 1. The lowest BCUT2D eigenvalue weighted by Gasteiger charge is -2.35. The summed E-state index contributed by atoms with van der Waals surface area (Å²) in [5, 5.41) is 12.1. The van der Waals surface area contributed by atoms with E-state index in [1.165, 1.54) is 12.1 Å². The summed E-state index contributed by atoms with van der Waals surface area (Å²) in [5.41, 5.74) is 2.05. The van der Waals surface area contributed by atoms with Gasteiger partial charge in [-0.25, -0.2) is 4.39 Å². The summed E-state index contributed by atoms with van der Waals surface area (Å²) in [6.07, 6.45) is 1.63. The van der Waals surface area contributed by atoms with E-state index >= 15 is 0 Å². The van der Waals surface area contributed by atoms with E-state index in [0.717, 1.165) is 24.3 Å². The van der Waals surface area contributed by atoms with Gasteiger partial charge in [-0.15, -0.1) is 0 Å². The van der Waals surface area contributed by atoms with E-state index in [1.54, 1.807) is 18.3 Å². The van der Waals surface area contributed by atoms with Crippen LogP contribution in [0, 0.1) is 17.1 Å². The number of rotatable bonds is 5. The molecule has 1 aliphatic heterocycles. The average molecular weight is 364 g/mol. The van der Waals surface area contributed by atoms with Gasteiger partial charge in [-0.1, -0.05) is 30.3 Å². The summed E-state index contributed by atoms with van der Waals surface area (Å²) in [6, 6.07) is 18.0. The van der Waals surface area contributed by atoms with E-state index in [0.29, 0.717) is 19.6 Å². The van der Waals surface area contributed by atoms with Gasteiger partial charge in [0.15, 0.2) is 0 Å². The monoisotopic (exact) mass is 364 g/mol. The second-order valence-electron chi connectivity index (χ2n) is 6.32. The third kappa shape index (κ3) is 5.08. The molecule has 0 aromatic heterocycles. The molecule has 1 heterocycles. The second-order valence-corrected chi connectivity index (χ2v) is 6.32. The van der Waals surface area contributed by atoms with Crippen molar-refractivity contribution in [3.63, 3.8) is 0 Å². The molecule has 2 aromatic rings. The molecule has 1 saturated heterocycles. The number of anilines is 1. The number of benzene rings is 2. The molecule has 0 unspecified atom stereocenters. The van der Waals surface area contributed by atoms with Crippen molar-refractivity contribution in [2.75, 3.05) is 31.1 Å². The first kappa shape index (κ1) is 18.5. The average Bonchev–Trinajstić information content (AvgIpc) is 2.72. The van der Waals surface area contributed by atoms with Crippen LogP contribution in [0.2, 0.25) is 0 Å². The summed E-state index contributed by atoms with van der Waals surface area (Å²) in [7, 11) is 0. The predicted octanol–water partition coefficient (Wildman–Crippen LogP) is 2.67. The smallest absolute Gasteiger partial charge is 0.263 e. The van der Waals surface area contributed by atoms with Gasteiger partial charge in [-0.2, -0.15) is 5.26 Å². The molecule has 1 fully saturated rings. The molecule has 2 aromatic carbocycles. The first-order chi connectivity index (χ1) is 13.2. The number of halogens is 1. The lowest BCUT2D eigenvalue weighted by atomic mass is 10.2. The van der Waals surface area contributed by atoms with Crippen molar-refractivity contribution in [3.8, 4) is 6.07 Å². The Morgan fingerprint density at radius 3 is 2.37 bits per heavy atom. The van der Waals surface area contributed by atoms with Crippen molar-refractivity contribution in [1.82, 2.24) is 10.2 Å². The Bertz CT molecular complexity index is 835. The topological polar surface area (TPSA) is 59.4 Å². The minimum atomic E-state index is -0.373. The summed E-state index contributed by atoms with van der Waals surface area (Å²) >= 11 is 0. The fourth-order valence-electron chi connectivity index (χ4n) is 2.96. The van der Waals surface area contributed by atoms with Crippen molar-refractivity contribution in [3.05, 3.63) is 77.8 Å². The molecule has 3 rings (SSSR count). The number of hydrogen-bond acceptors (Lipinski definition) is 4. The molecule has 0 aliphatic carbocycles. The van der Waals surface area contributed by atoms with Crippen LogP contribution in [0.5, 0.6) is 0 Å². The largest absolute Gasteiger partial charge is 0.373 e. The maximum Gasteiger partial charge on any atom is 0.263 e. The Balaban J connectivity index is 1.54. The lowest BCUT2D eigenvalue weighted by molar-refractivity contribution is -0.117. The summed E-state index contributed by atoms with van der Waals surface area (Å²) in [5.74, 6) is -0.622. The van der Waals surface area contributed by atoms with Gasteiger partial charge >= 0.3 is 0 Å². The van der Waals surface area contributed by atoms with Crippen LogP contribution in [0.4, 0.5) is 10.1 Å². The maximum atomic E-state index is 13.0. The summed E-state index contributed by atoms with van der Waals surface area (Å²) < 4.78 is 13.0. The zero-order valence-corrected chi connectivity index (χ0v) is 14.9. The Hall–Kier alpha value is -3.33. The fraction of sp³-hybridized carbons (Fsp3) is 0.238. The van der Waals surface area contributed by atoms with Gasteiger partial charge in [-0.3, -0.25) is 4.79 Å². The quantitative estimate of drug-likeness (QED) is 0.655. The number of hydrogen-bond donors (Lipinski definition) is 1. The van der Waals surface area contributed by atoms with E-state index in [4.69, 9.17) is 0 Å². The lowest BCUT2D eigenvalue weighted by Crippen LogP contribution is -2.44. The SMILES string of the molecule is N#CC(=CN1CCN(c2ccc(F)cc2)CC1)C(=O)NCc1ccccc1. The minimum Gasteiger partial charge on any atom is -0.373 e. The molecule has 138 valence electrons.